The lowest BCUT2D eigenvalue weighted by Gasteiger charge is -2.16. The van der Waals surface area contributed by atoms with Crippen molar-refractivity contribution >= 4 is 5.91 Å². The van der Waals surface area contributed by atoms with Crippen LogP contribution in [-0.2, 0) is 0 Å². The Kier molecular flexibility index (Phi) is 2.02. The van der Waals surface area contributed by atoms with Crippen molar-refractivity contribution in [3.05, 3.63) is 24.2 Å². The van der Waals surface area contributed by atoms with E-state index in [1.54, 1.807) is 12.3 Å². The van der Waals surface area contributed by atoms with Gasteiger partial charge in [0.25, 0.3) is 5.91 Å². The molecule has 4 heteroatoms. The van der Waals surface area contributed by atoms with E-state index in [0.29, 0.717) is 17.4 Å². The predicted molar refractivity (Wildman–Crippen MR) is 54.5 cm³/mol. The number of carbonyl (C=O) groups excluding carboxylic acids is 1. The zero-order valence-electron chi connectivity index (χ0n) is 8.48. The molecule has 0 aliphatic carbocycles. The zero-order chi connectivity index (χ0) is 10.3. The van der Waals surface area contributed by atoms with E-state index in [2.05, 4.69) is 5.32 Å². The number of amides is 1. The number of fused-ring (bicyclic) bond motifs is 1. The van der Waals surface area contributed by atoms with Crippen LogP contribution in [0.1, 0.15) is 10.4 Å². The van der Waals surface area contributed by atoms with Crippen LogP contribution in [0.25, 0.3) is 0 Å². The summed E-state index contributed by atoms with van der Waals surface area (Å²) in [4.78, 5) is 13.9. The van der Waals surface area contributed by atoms with Crippen molar-refractivity contribution < 1.29 is 9.21 Å². The monoisotopic (exact) mass is 206 g/mol. The maximum absolute atomic E-state index is 12.0. The number of likely N-dealkylation sites (tertiary alicyclic amines) is 1. The molecule has 0 aromatic carbocycles. The Hall–Kier alpha value is -1.29. The average molecular weight is 206 g/mol. The fourth-order valence-corrected chi connectivity index (χ4v) is 2.59. The number of carbonyl (C=O) groups is 1. The number of rotatable bonds is 1. The van der Waals surface area contributed by atoms with Crippen LogP contribution in [-0.4, -0.2) is 37.0 Å². The van der Waals surface area contributed by atoms with Crippen LogP contribution in [0.15, 0.2) is 23.0 Å². The number of nitrogens with zero attached hydrogens (tertiary/aromatic N) is 1. The van der Waals surface area contributed by atoms with Crippen molar-refractivity contribution in [2.75, 3.05) is 26.2 Å². The third-order valence-electron chi connectivity index (χ3n) is 3.44. The van der Waals surface area contributed by atoms with Gasteiger partial charge in [-0.2, -0.15) is 0 Å². The Bertz CT molecular complexity index is 349. The molecule has 4 nitrogen and oxygen atoms in total. The minimum absolute atomic E-state index is 0.109. The molecule has 0 unspecified atom stereocenters. The van der Waals surface area contributed by atoms with Gasteiger partial charge in [0.1, 0.15) is 6.26 Å². The summed E-state index contributed by atoms with van der Waals surface area (Å²) in [5.74, 6) is 1.42. The van der Waals surface area contributed by atoms with Crippen molar-refractivity contribution in [2.24, 2.45) is 11.8 Å². The molecule has 0 radical (unpaired) electrons. The molecule has 1 N–H and O–H groups in total. The summed E-state index contributed by atoms with van der Waals surface area (Å²) >= 11 is 0. The van der Waals surface area contributed by atoms with Crippen molar-refractivity contribution in [3.63, 3.8) is 0 Å². The Morgan fingerprint density at radius 3 is 2.73 bits per heavy atom. The van der Waals surface area contributed by atoms with Crippen LogP contribution in [0.5, 0.6) is 0 Å². The van der Waals surface area contributed by atoms with E-state index < -0.39 is 0 Å². The molecule has 1 aromatic rings. The minimum Gasteiger partial charge on any atom is -0.472 e. The molecule has 15 heavy (non-hydrogen) atoms. The van der Waals surface area contributed by atoms with Crippen LogP contribution >= 0.6 is 0 Å². The summed E-state index contributed by atoms with van der Waals surface area (Å²) in [6.07, 6.45) is 3.07. The molecule has 2 saturated heterocycles. The quantitative estimate of drug-likeness (QED) is 0.730. The Morgan fingerprint density at radius 2 is 2.13 bits per heavy atom. The van der Waals surface area contributed by atoms with E-state index in [1.807, 2.05) is 4.90 Å². The fourth-order valence-electron chi connectivity index (χ4n) is 2.59. The highest BCUT2D eigenvalue weighted by Gasteiger charge is 2.38. The van der Waals surface area contributed by atoms with E-state index in [-0.39, 0.29) is 5.91 Å². The first kappa shape index (κ1) is 8.97. The summed E-state index contributed by atoms with van der Waals surface area (Å²) in [6, 6.07) is 1.73. The van der Waals surface area contributed by atoms with Gasteiger partial charge in [-0.05, 0) is 17.9 Å². The van der Waals surface area contributed by atoms with Crippen molar-refractivity contribution in [2.45, 2.75) is 0 Å². The third kappa shape index (κ3) is 1.45. The van der Waals surface area contributed by atoms with Gasteiger partial charge >= 0.3 is 0 Å². The molecule has 3 rings (SSSR count). The van der Waals surface area contributed by atoms with E-state index in [1.165, 1.54) is 6.26 Å². The van der Waals surface area contributed by atoms with Gasteiger partial charge < -0.3 is 14.6 Å². The van der Waals surface area contributed by atoms with Crippen LogP contribution in [0, 0.1) is 11.8 Å². The maximum atomic E-state index is 12.0. The number of hydrogen-bond donors (Lipinski definition) is 1. The van der Waals surface area contributed by atoms with Gasteiger partial charge in [0.2, 0.25) is 0 Å². The highest BCUT2D eigenvalue weighted by molar-refractivity contribution is 5.94. The first-order valence-corrected chi connectivity index (χ1v) is 5.37. The SMILES string of the molecule is O=C(c1ccoc1)N1C[C@H]2CNC[C@H]2C1. The van der Waals surface area contributed by atoms with E-state index in [0.717, 1.165) is 26.2 Å². The number of furan rings is 1. The van der Waals surface area contributed by atoms with Crippen molar-refractivity contribution in [1.82, 2.24) is 10.2 Å². The molecular weight excluding hydrogens is 192 g/mol. The smallest absolute Gasteiger partial charge is 0.257 e. The van der Waals surface area contributed by atoms with Crippen LogP contribution in [0.3, 0.4) is 0 Å². The van der Waals surface area contributed by atoms with Gasteiger partial charge in [-0.15, -0.1) is 0 Å². The largest absolute Gasteiger partial charge is 0.472 e. The van der Waals surface area contributed by atoms with Gasteiger partial charge in [-0.3, -0.25) is 4.79 Å². The second-order valence-electron chi connectivity index (χ2n) is 4.40. The van der Waals surface area contributed by atoms with Gasteiger partial charge in [0.05, 0.1) is 11.8 Å². The van der Waals surface area contributed by atoms with Crippen molar-refractivity contribution in [3.8, 4) is 0 Å². The molecule has 1 aromatic heterocycles. The molecule has 0 saturated carbocycles. The Labute approximate surface area is 88.2 Å². The lowest BCUT2D eigenvalue weighted by atomic mass is 10.0. The third-order valence-corrected chi connectivity index (χ3v) is 3.44. The molecule has 80 valence electrons. The highest BCUT2D eigenvalue weighted by atomic mass is 16.3. The predicted octanol–water partition coefficient (Wildman–Crippen LogP) is 0.571. The van der Waals surface area contributed by atoms with Crippen LogP contribution in [0.2, 0.25) is 0 Å². The van der Waals surface area contributed by atoms with Gasteiger partial charge in [-0.1, -0.05) is 0 Å². The Morgan fingerprint density at radius 1 is 1.40 bits per heavy atom. The second kappa shape index (κ2) is 3.38. The lowest BCUT2D eigenvalue weighted by Crippen LogP contribution is -2.31. The standard InChI is InChI=1S/C11H14N2O2/c14-11(8-1-2-15-7-8)13-5-9-3-12-4-10(9)6-13/h1-2,7,9-10,12H,3-6H2/t9-,10+. The van der Waals surface area contributed by atoms with Gasteiger partial charge in [0, 0.05) is 26.2 Å². The molecule has 0 bridgehead atoms. The number of nitrogens with one attached hydrogen (secondary N) is 1. The first-order chi connectivity index (χ1) is 7.34. The van der Waals surface area contributed by atoms with Crippen molar-refractivity contribution in [1.29, 1.82) is 0 Å². The molecule has 2 fully saturated rings. The zero-order valence-corrected chi connectivity index (χ0v) is 8.48. The molecule has 2 aliphatic heterocycles. The molecule has 3 heterocycles. The normalized spacial score (nSPS) is 29.5. The molecule has 2 atom stereocenters. The summed E-state index contributed by atoms with van der Waals surface area (Å²) in [7, 11) is 0. The van der Waals surface area contributed by atoms with Crippen LogP contribution in [0.4, 0.5) is 0 Å². The topological polar surface area (TPSA) is 45.5 Å². The first-order valence-electron chi connectivity index (χ1n) is 5.37. The number of hydrogen-bond acceptors (Lipinski definition) is 3. The summed E-state index contributed by atoms with van der Waals surface area (Å²) in [6.45, 7) is 3.89. The highest BCUT2D eigenvalue weighted by Crippen LogP contribution is 2.27. The van der Waals surface area contributed by atoms with Gasteiger partial charge in [-0.25, -0.2) is 0 Å². The lowest BCUT2D eigenvalue weighted by molar-refractivity contribution is 0.0781. The van der Waals surface area contributed by atoms with Gasteiger partial charge in [0.15, 0.2) is 0 Å². The summed E-state index contributed by atoms with van der Waals surface area (Å²) in [5, 5.41) is 3.36. The van der Waals surface area contributed by atoms with E-state index in [4.69, 9.17) is 4.42 Å². The van der Waals surface area contributed by atoms with Crippen LogP contribution < -0.4 is 5.32 Å². The Balaban J connectivity index is 1.72. The summed E-state index contributed by atoms with van der Waals surface area (Å²) < 4.78 is 4.93. The van der Waals surface area contributed by atoms with E-state index >= 15 is 0 Å². The molecule has 0 spiro atoms. The second-order valence-corrected chi connectivity index (χ2v) is 4.40. The molecule has 2 aliphatic rings. The minimum atomic E-state index is 0.109. The van der Waals surface area contributed by atoms with E-state index in [9.17, 15) is 4.79 Å². The fraction of sp³-hybridized carbons (Fsp3) is 0.545. The molecule has 1 amide bonds. The molecular formula is C11H14N2O2. The maximum Gasteiger partial charge on any atom is 0.257 e. The average Bonchev–Trinajstić information content (AvgIpc) is 2.92. The summed E-state index contributed by atoms with van der Waals surface area (Å²) in [5.41, 5.74) is 0.669.